The maximum absolute atomic E-state index is 6.59. The first kappa shape index (κ1) is 29.8. The summed E-state index contributed by atoms with van der Waals surface area (Å²) in [6.45, 7) is 0. The van der Waals surface area contributed by atoms with E-state index in [1.165, 1.54) is 43.8 Å². The molecule has 244 valence electrons. The van der Waals surface area contributed by atoms with Crippen LogP contribution in [0.1, 0.15) is 35.2 Å². The lowest BCUT2D eigenvalue weighted by atomic mass is 9.97. The van der Waals surface area contributed by atoms with Gasteiger partial charge in [0, 0.05) is 10.8 Å². The van der Waals surface area contributed by atoms with Crippen LogP contribution in [0.4, 0.5) is 0 Å². The Morgan fingerprint density at radius 3 is 1.53 bits per heavy atom. The molecule has 0 amide bonds. The topological polar surface area (TPSA) is 49.2 Å². The van der Waals surface area contributed by atoms with Gasteiger partial charge in [0.1, 0.15) is 11.2 Å². The van der Waals surface area contributed by atoms with E-state index in [1.807, 2.05) is 0 Å². The van der Waals surface area contributed by atoms with Gasteiger partial charge in [-0.3, -0.25) is 16.0 Å². The summed E-state index contributed by atoms with van der Waals surface area (Å²) in [5, 5.41) is 18.9. The number of hydrogen-bond donors (Lipinski definition) is 3. The van der Waals surface area contributed by atoms with E-state index in [0.717, 1.165) is 38.6 Å². The Labute approximate surface area is 296 Å². The molecule has 4 heteroatoms. The van der Waals surface area contributed by atoms with Gasteiger partial charge in [-0.1, -0.05) is 146 Å². The minimum absolute atomic E-state index is 0.101. The summed E-state index contributed by atoms with van der Waals surface area (Å²) in [7, 11) is 0. The van der Waals surface area contributed by atoms with Crippen LogP contribution < -0.4 is 16.0 Å². The molecule has 8 aromatic carbocycles. The van der Waals surface area contributed by atoms with E-state index in [-0.39, 0.29) is 18.5 Å². The number of furan rings is 1. The molecule has 9 aromatic rings. The quantitative estimate of drug-likeness (QED) is 0.172. The summed E-state index contributed by atoms with van der Waals surface area (Å²) in [6.07, 6.45) is -0.360. The molecule has 51 heavy (non-hydrogen) atoms. The highest BCUT2D eigenvalue weighted by Crippen LogP contribution is 2.38. The van der Waals surface area contributed by atoms with E-state index < -0.39 is 0 Å². The molecule has 2 atom stereocenters. The molecular formula is C47H35N3O. The van der Waals surface area contributed by atoms with Gasteiger partial charge in [-0.15, -0.1) is 0 Å². The van der Waals surface area contributed by atoms with Gasteiger partial charge in [-0.05, 0) is 90.8 Å². The van der Waals surface area contributed by atoms with Crippen LogP contribution >= 0.6 is 0 Å². The molecule has 2 unspecified atom stereocenters. The molecule has 1 saturated heterocycles. The number of rotatable bonds is 5. The molecule has 0 bridgehead atoms. The molecule has 1 aromatic heterocycles. The van der Waals surface area contributed by atoms with E-state index in [9.17, 15) is 0 Å². The van der Waals surface area contributed by atoms with Crippen LogP contribution in [0.25, 0.3) is 65.7 Å². The number of fused-ring (bicyclic) bond motifs is 5. The molecule has 0 radical (unpaired) electrons. The fraction of sp³-hybridized carbons (Fsp3) is 0.0638. The van der Waals surface area contributed by atoms with Gasteiger partial charge >= 0.3 is 0 Å². The second-order valence-electron chi connectivity index (χ2n) is 13.5. The molecular weight excluding hydrogens is 623 g/mol. The largest absolute Gasteiger partial charge is 0.456 e. The maximum Gasteiger partial charge on any atom is 0.136 e. The Bertz CT molecular complexity index is 2610. The first-order chi connectivity index (χ1) is 25.2. The Kier molecular flexibility index (Phi) is 7.24. The van der Waals surface area contributed by atoms with Crippen molar-refractivity contribution in [1.29, 1.82) is 0 Å². The number of nitrogens with one attached hydrogen (secondary N) is 3. The second-order valence-corrected chi connectivity index (χ2v) is 13.5. The average Bonchev–Trinajstić information content (AvgIpc) is 3.59. The van der Waals surface area contributed by atoms with Crippen molar-refractivity contribution in [3.63, 3.8) is 0 Å². The fourth-order valence-corrected chi connectivity index (χ4v) is 7.74. The molecule has 10 rings (SSSR count). The summed E-state index contributed by atoms with van der Waals surface area (Å²) in [5.41, 5.74) is 10.0. The SMILES string of the molecule is c1ccc(-c2ccc(-c3ccc4c(c3)oc3cccc(C5NC(c6ccc7ccccc7c6)NC(c6ccc7ccccc7c6)N5)c34)cc2)cc1. The van der Waals surface area contributed by atoms with Gasteiger partial charge in [0.2, 0.25) is 0 Å². The number of hydrogen-bond acceptors (Lipinski definition) is 4. The van der Waals surface area contributed by atoms with Crippen LogP contribution in [-0.2, 0) is 0 Å². The van der Waals surface area contributed by atoms with Gasteiger partial charge < -0.3 is 4.42 Å². The van der Waals surface area contributed by atoms with E-state index >= 15 is 0 Å². The third-order valence-electron chi connectivity index (χ3n) is 10.4. The molecule has 4 nitrogen and oxygen atoms in total. The summed E-state index contributed by atoms with van der Waals surface area (Å²) in [5.74, 6) is 0. The zero-order valence-corrected chi connectivity index (χ0v) is 27.9. The van der Waals surface area contributed by atoms with Crippen molar-refractivity contribution in [3.05, 3.63) is 193 Å². The van der Waals surface area contributed by atoms with Crippen LogP contribution in [-0.4, -0.2) is 0 Å². The van der Waals surface area contributed by atoms with Crippen molar-refractivity contribution < 1.29 is 4.42 Å². The van der Waals surface area contributed by atoms with Gasteiger partial charge in [0.15, 0.2) is 0 Å². The summed E-state index contributed by atoms with van der Waals surface area (Å²) in [4.78, 5) is 0. The summed E-state index contributed by atoms with van der Waals surface area (Å²) >= 11 is 0. The van der Waals surface area contributed by atoms with E-state index in [0.29, 0.717) is 0 Å². The summed E-state index contributed by atoms with van der Waals surface area (Å²) < 4.78 is 6.59. The molecule has 1 aliphatic rings. The maximum atomic E-state index is 6.59. The van der Waals surface area contributed by atoms with E-state index in [4.69, 9.17) is 4.42 Å². The Morgan fingerprint density at radius 2 is 0.882 bits per heavy atom. The van der Waals surface area contributed by atoms with Crippen molar-refractivity contribution >= 4 is 43.5 Å². The van der Waals surface area contributed by atoms with Crippen LogP contribution in [0.5, 0.6) is 0 Å². The Balaban J connectivity index is 1.04. The lowest BCUT2D eigenvalue weighted by Crippen LogP contribution is -2.54. The normalized spacial score (nSPS) is 17.8. The van der Waals surface area contributed by atoms with Crippen LogP contribution in [0.3, 0.4) is 0 Å². The van der Waals surface area contributed by atoms with E-state index in [2.05, 4.69) is 192 Å². The minimum atomic E-state index is -0.158. The second kappa shape index (κ2) is 12.4. The highest BCUT2D eigenvalue weighted by atomic mass is 16.3. The first-order valence-corrected chi connectivity index (χ1v) is 17.6. The zero-order chi connectivity index (χ0) is 33.7. The minimum Gasteiger partial charge on any atom is -0.456 e. The van der Waals surface area contributed by atoms with Crippen LogP contribution in [0.2, 0.25) is 0 Å². The lowest BCUT2D eigenvalue weighted by molar-refractivity contribution is 0.204. The molecule has 0 aliphatic carbocycles. The van der Waals surface area contributed by atoms with Crippen molar-refractivity contribution in [3.8, 4) is 22.3 Å². The number of benzene rings is 8. The fourth-order valence-electron chi connectivity index (χ4n) is 7.74. The zero-order valence-electron chi connectivity index (χ0n) is 27.9. The van der Waals surface area contributed by atoms with Gasteiger partial charge in [0.25, 0.3) is 0 Å². The van der Waals surface area contributed by atoms with E-state index in [1.54, 1.807) is 0 Å². The van der Waals surface area contributed by atoms with Crippen molar-refractivity contribution in [1.82, 2.24) is 16.0 Å². The Morgan fingerprint density at radius 1 is 0.353 bits per heavy atom. The predicted octanol–water partition coefficient (Wildman–Crippen LogP) is 11.4. The first-order valence-electron chi connectivity index (χ1n) is 17.6. The molecule has 3 N–H and O–H groups in total. The van der Waals surface area contributed by atoms with Crippen molar-refractivity contribution in [2.24, 2.45) is 0 Å². The average molecular weight is 658 g/mol. The Hall–Kier alpha value is -6.04. The monoisotopic (exact) mass is 657 g/mol. The molecule has 0 spiro atoms. The van der Waals surface area contributed by atoms with Crippen molar-refractivity contribution in [2.45, 2.75) is 18.5 Å². The molecule has 1 fully saturated rings. The van der Waals surface area contributed by atoms with Crippen LogP contribution in [0.15, 0.2) is 180 Å². The third kappa shape index (κ3) is 5.47. The predicted molar refractivity (Wildman–Crippen MR) is 210 cm³/mol. The highest BCUT2D eigenvalue weighted by molar-refractivity contribution is 6.08. The summed E-state index contributed by atoms with van der Waals surface area (Å²) in [6, 6.07) is 62.8. The molecule has 0 saturated carbocycles. The molecule has 1 aliphatic heterocycles. The smallest absolute Gasteiger partial charge is 0.136 e. The molecule has 2 heterocycles. The van der Waals surface area contributed by atoms with Gasteiger partial charge in [0.05, 0.1) is 18.5 Å². The lowest BCUT2D eigenvalue weighted by Gasteiger charge is -2.40. The van der Waals surface area contributed by atoms with Gasteiger partial charge in [-0.25, -0.2) is 0 Å². The van der Waals surface area contributed by atoms with Gasteiger partial charge in [-0.2, -0.15) is 0 Å². The third-order valence-corrected chi connectivity index (χ3v) is 10.4. The van der Waals surface area contributed by atoms with Crippen LogP contribution in [0, 0.1) is 0 Å². The highest BCUT2D eigenvalue weighted by Gasteiger charge is 2.31. The van der Waals surface area contributed by atoms with Crippen molar-refractivity contribution in [2.75, 3.05) is 0 Å². The standard InChI is InChI=1S/C47H35N3O/c1-2-9-30(10-3-1)33-17-19-34(20-18-33)37-25-26-40-43(29-37)51-42-16-8-15-41(44(40)42)47-49-45(38-23-21-31-11-4-6-13-35(31)27-38)48-46(50-47)39-24-22-32-12-5-7-14-36(32)28-39/h1-29,45-50H.